The standard InChI is InChI=1S/C16H28N4S/c1-13-6-8-20(9-7-13)14(2)11-18-16(17-3)19-12-15-5-4-10-21-15/h4-5,10,13-14H,6-9,11-12H2,1-3H3,(H2,17,18,19). The molecule has 1 aliphatic heterocycles. The highest BCUT2D eigenvalue weighted by molar-refractivity contribution is 7.09. The Hall–Kier alpha value is -1.07. The van der Waals surface area contributed by atoms with Gasteiger partial charge in [-0.3, -0.25) is 9.89 Å². The Morgan fingerprint density at radius 2 is 2.19 bits per heavy atom. The van der Waals surface area contributed by atoms with E-state index in [9.17, 15) is 0 Å². The number of nitrogens with zero attached hydrogens (tertiary/aromatic N) is 2. The van der Waals surface area contributed by atoms with Gasteiger partial charge in [0.2, 0.25) is 0 Å². The van der Waals surface area contributed by atoms with Gasteiger partial charge >= 0.3 is 0 Å². The van der Waals surface area contributed by atoms with Crippen LogP contribution in [-0.2, 0) is 6.54 Å². The molecule has 5 heteroatoms. The molecule has 0 radical (unpaired) electrons. The first-order valence-corrected chi connectivity index (χ1v) is 8.78. The van der Waals surface area contributed by atoms with Crippen LogP contribution in [0.2, 0.25) is 0 Å². The molecule has 4 nitrogen and oxygen atoms in total. The predicted octanol–water partition coefficient (Wildman–Crippen LogP) is 2.53. The van der Waals surface area contributed by atoms with Crippen LogP contribution in [0.4, 0.5) is 0 Å². The molecule has 0 saturated carbocycles. The van der Waals surface area contributed by atoms with Crippen LogP contribution in [0.1, 0.15) is 31.6 Å². The number of piperidine rings is 1. The van der Waals surface area contributed by atoms with E-state index in [-0.39, 0.29) is 0 Å². The Kier molecular flexibility index (Phi) is 6.51. The molecule has 0 aliphatic carbocycles. The van der Waals surface area contributed by atoms with E-state index in [2.05, 4.69) is 51.9 Å². The zero-order valence-electron chi connectivity index (χ0n) is 13.4. The molecule has 1 saturated heterocycles. The quantitative estimate of drug-likeness (QED) is 0.649. The summed E-state index contributed by atoms with van der Waals surface area (Å²) in [6.45, 7) is 8.90. The Labute approximate surface area is 132 Å². The average molecular weight is 308 g/mol. The highest BCUT2D eigenvalue weighted by atomic mass is 32.1. The van der Waals surface area contributed by atoms with Gasteiger partial charge in [0, 0.05) is 24.5 Å². The maximum atomic E-state index is 4.30. The summed E-state index contributed by atoms with van der Waals surface area (Å²) in [5.41, 5.74) is 0. The summed E-state index contributed by atoms with van der Waals surface area (Å²) in [6, 6.07) is 4.78. The fraction of sp³-hybridized carbons (Fsp3) is 0.688. The molecule has 1 aliphatic rings. The van der Waals surface area contributed by atoms with E-state index >= 15 is 0 Å². The number of aliphatic imine (C=N–C) groups is 1. The highest BCUT2D eigenvalue weighted by Crippen LogP contribution is 2.17. The Bertz CT molecular complexity index is 421. The van der Waals surface area contributed by atoms with E-state index in [1.165, 1.54) is 30.8 Å². The lowest BCUT2D eigenvalue weighted by Gasteiger charge is -2.35. The van der Waals surface area contributed by atoms with Crippen molar-refractivity contribution in [2.75, 3.05) is 26.7 Å². The Morgan fingerprint density at radius 1 is 1.43 bits per heavy atom. The van der Waals surface area contributed by atoms with Gasteiger partial charge in [0.15, 0.2) is 5.96 Å². The molecule has 1 unspecified atom stereocenters. The molecule has 2 N–H and O–H groups in total. The minimum atomic E-state index is 0.554. The number of hydrogen-bond donors (Lipinski definition) is 2. The number of likely N-dealkylation sites (tertiary alicyclic amines) is 1. The van der Waals surface area contributed by atoms with Crippen LogP contribution in [0, 0.1) is 5.92 Å². The number of nitrogens with one attached hydrogen (secondary N) is 2. The van der Waals surface area contributed by atoms with Crippen LogP contribution >= 0.6 is 11.3 Å². The molecule has 0 spiro atoms. The van der Waals surface area contributed by atoms with Crippen LogP contribution in [-0.4, -0.2) is 43.6 Å². The topological polar surface area (TPSA) is 39.7 Å². The smallest absolute Gasteiger partial charge is 0.191 e. The van der Waals surface area contributed by atoms with Gasteiger partial charge < -0.3 is 10.6 Å². The summed E-state index contributed by atoms with van der Waals surface area (Å²) in [7, 11) is 1.83. The van der Waals surface area contributed by atoms with E-state index in [0.29, 0.717) is 6.04 Å². The lowest BCUT2D eigenvalue weighted by atomic mass is 9.98. The first-order valence-electron chi connectivity index (χ1n) is 7.90. The van der Waals surface area contributed by atoms with Crippen LogP contribution in [0.25, 0.3) is 0 Å². The summed E-state index contributed by atoms with van der Waals surface area (Å²) in [6.07, 6.45) is 2.66. The fourth-order valence-electron chi connectivity index (χ4n) is 2.65. The summed E-state index contributed by atoms with van der Waals surface area (Å²) in [5.74, 6) is 1.78. The molecule has 21 heavy (non-hydrogen) atoms. The first kappa shape index (κ1) is 16.3. The zero-order valence-corrected chi connectivity index (χ0v) is 14.2. The summed E-state index contributed by atoms with van der Waals surface area (Å²) in [4.78, 5) is 8.21. The second-order valence-corrected chi connectivity index (χ2v) is 6.99. The van der Waals surface area contributed by atoms with Crippen molar-refractivity contribution >= 4 is 17.3 Å². The van der Waals surface area contributed by atoms with Gasteiger partial charge in [-0.2, -0.15) is 0 Å². The second-order valence-electron chi connectivity index (χ2n) is 5.95. The van der Waals surface area contributed by atoms with E-state index in [1.54, 1.807) is 11.3 Å². The Balaban J connectivity index is 1.70. The minimum absolute atomic E-state index is 0.554. The van der Waals surface area contributed by atoms with Crippen LogP contribution in [0.15, 0.2) is 22.5 Å². The van der Waals surface area contributed by atoms with Gasteiger partial charge in [0.25, 0.3) is 0 Å². The van der Waals surface area contributed by atoms with Crippen molar-refractivity contribution in [3.63, 3.8) is 0 Å². The normalized spacial score (nSPS) is 19.5. The fourth-order valence-corrected chi connectivity index (χ4v) is 3.29. The van der Waals surface area contributed by atoms with Crippen molar-refractivity contribution in [2.45, 2.75) is 39.3 Å². The number of guanidine groups is 1. The van der Waals surface area contributed by atoms with Gasteiger partial charge in [-0.05, 0) is 50.2 Å². The maximum Gasteiger partial charge on any atom is 0.191 e. The summed E-state index contributed by atoms with van der Waals surface area (Å²) >= 11 is 1.77. The van der Waals surface area contributed by atoms with Crippen molar-refractivity contribution in [3.05, 3.63) is 22.4 Å². The monoisotopic (exact) mass is 308 g/mol. The second kappa shape index (κ2) is 8.39. The largest absolute Gasteiger partial charge is 0.355 e. The number of thiophene rings is 1. The molecule has 0 bridgehead atoms. The van der Waals surface area contributed by atoms with Crippen LogP contribution in [0.5, 0.6) is 0 Å². The number of rotatable bonds is 5. The molecule has 2 rings (SSSR count). The first-order chi connectivity index (χ1) is 10.2. The van der Waals surface area contributed by atoms with E-state index in [1.807, 2.05) is 7.05 Å². The van der Waals surface area contributed by atoms with Crippen LogP contribution in [0.3, 0.4) is 0 Å². The average Bonchev–Trinajstić information content (AvgIpc) is 3.01. The maximum absolute atomic E-state index is 4.30. The van der Waals surface area contributed by atoms with Crippen molar-refractivity contribution in [3.8, 4) is 0 Å². The molecular weight excluding hydrogens is 280 g/mol. The molecule has 1 aromatic rings. The molecular formula is C16H28N4S. The molecule has 0 amide bonds. The van der Waals surface area contributed by atoms with Gasteiger partial charge in [-0.15, -0.1) is 11.3 Å². The van der Waals surface area contributed by atoms with Gasteiger partial charge in [-0.1, -0.05) is 13.0 Å². The van der Waals surface area contributed by atoms with Crippen molar-refractivity contribution in [1.82, 2.24) is 15.5 Å². The molecule has 118 valence electrons. The van der Waals surface area contributed by atoms with E-state index in [0.717, 1.165) is 25.0 Å². The predicted molar refractivity (Wildman–Crippen MR) is 92.0 cm³/mol. The van der Waals surface area contributed by atoms with Gasteiger partial charge in [0.05, 0.1) is 6.54 Å². The molecule has 1 fully saturated rings. The molecule has 0 aromatic carbocycles. The minimum Gasteiger partial charge on any atom is -0.355 e. The van der Waals surface area contributed by atoms with Crippen molar-refractivity contribution < 1.29 is 0 Å². The molecule has 1 atom stereocenters. The van der Waals surface area contributed by atoms with Crippen molar-refractivity contribution in [1.29, 1.82) is 0 Å². The van der Waals surface area contributed by atoms with Gasteiger partial charge in [0.1, 0.15) is 0 Å². The number of hydrogen-bond acceptors (Lipinski definition) is 3. The third kappa shape index (κ3) is 5.32. The van der Waals surface area contributed by atoms with E-state index < -0.39 is 0 Å². The zero-order chi connectivity index (χ0) is 15.1. The Morgan fingerprint density at radius 3 is 2.81 bits per heavy atom. The van der Waals surface area contributed by atoms with E-state index in [4.69, 9.17) is 0 Å². The lowest BCUT2D eigenvalue weighted by molar-refractivity contribution is 0.147. The molecule has 2 heterocycles. The highest BCUT2D eigenvalue weighted by Gasteiger charge is 2.20. The van der Waals surface area contributed by atoms with Crippen LogP contribution < -0.4 is 10.6 Å². The SMILES string of the molecule is CN=C(NCc1cccs1)NCC(C)N1CCC(C)CC1. The summed E-state index contributed by atoms with van der Waals surface area (Å²) < 4.78 is 0. The third-order valence-corrected chi connectivity index (χ3v) is 5.12. The van der Waals surface area contributed by atoms with Gasteiger partial charge in [-0.25, -0.2) is 0 Å². The van der Waals surface area contributed by atoms with Crippen molar-refractivity contribution in [2.24, 2.45) is 10.9 Å². The summed E-state index contributed by atoms with van der Waals surface area (Å²) in [5, 5.41) is 8.91. The molecule has 1 aromatic heterocycles. The lowest BCUT2D eigenvalue weighted by Crippen LogP contribution is -2.47. The third-order valence-electron chi connectivity index (χ3n) is 4.24.